The summed E-state index contributed by atoms with van der Waals surface area (Å²) in [4.78, 5) is 14.0. The molecule has 0 unspecified atom stereocenters. The molecule has 0 aliphatic heterocycles. The molecule has 0 atom stereocenters. The molecule has 19 heavy (non-hydrogen) atoms. The third-order valence-corrected chi connectivity index (χ3v) is 3.16. The Morgan fingerprint density at radius 2 is 2.26 bits per heavy atom. The normalized spacial score (nSPS) is 14.4. The largest absolute Gasteiger partial charge is 0.325 e. The summed E-state index contributed by atoms with van der Waals surface area (Å²) in [7, 11) is 0. The lowest BCUT2D eigenvalue weighted by molar-refractivity contribution is -0.385. The van der Waals surface area contributed by atoms with Crippen molar-refractivity contribution in [3.8, 4) is 0 Å². The Morgan fingerprint density at radius 1 is 1.47 bits per heavy atom. The van der Waals surface area contributed by atoms with Crippen molar-refractivity contribution >= 4 is 28.9 Å². The maximum absolute atomic E-state index is 10.6. The molecule has 0 spiro atoms. The summed E-state index contributed by atoms with van der Waals surface area (Å²) in [6.07, 6.45) is 2.35. The molecule has 3 rings (SSSR count). The quantitative estimate of drug-likeness (QED) is 0.509. The van der Waals surface area contributed by atoms with Gasteiger partial charge in [0.25, 0.3) is 0 Å². The summed E-state index contributed by atoms with van der Waals surface area (Å²) < 4.78 is 0. The van der Waals surface area contributed by atoms with E-state index < -0.39 is 4.92 Å². The predicted octanol–water partition coefficient (Wildman–Crippen LogP) is 2.99. The monoisotopic (exact) mass is 279 g/mol. The maximum atomic E-state index is 10.6. The molecule has 1 aliphatic rings. The Balaban J connectivity index is 1.78. The SMILES string of the molecule is O=[N+]([O-])c1ccc(Nc2cc(C3CC3)n[nH]2)nc1Cl. The second kappa shape index (κ2) is 4.51. The molecule has 0 amide bonds. The van der Waals surface area contributed by atoms with Crippen LogP contribution in [0.1, 0.15) is 24.5 Å². The first-order valence-electron chi connectivity index (χ1n) is 5.77. The highest BCUT2D eigenvalue weighted by Crippen LogP contribution is 2.39. The molecule has 98 valence electrons. The van der Waals surface area contributed by atoms with Crippen molar-refractivity contribution in [2.75, 3.05) is 5.32 Å². The number of halogens is 1. The molecule has 1 saturated carbocycles. The number of pyridine rings is 1. The maximum Gasteiger partial charge on any atom is 0.306 e. The van der Waals surface area contributed by atoms with E-state index in [1.807, 2.05) is 6.07 Å². The van der Waals surface area contributed by atoms with Gasteiger partial charge in [-0.2, -0.15) is 5.10 Å². The minimum absolute atomic E-state index is 0.142. The predicted molar refractivity (Wildman–Crippen MR) is 69.7 cm³/mol. The minimum atomic E-state index is -0.569. The van der Waals surface area contributed by atoms with E-state index in [0.29, 0.717) is 17.6 Å². The van der Waals surface area contributed by atoms with E-state index in [9.17, 15) is 10.1 Å². The van der Waals surface area contributed by atoms with Gasteiger partial charge >= 0.3 is 5.69 Å². The molecule has 1 aliphatic carbocycles. The van der Waals surface area contributed by atoms with Crippen LogP contribution in [0.25, 0.3) is 0 Å². The number of hydrogen-bond donors (Lipinski definition) is 2. The molecule has 7 nitrogen and oxygen atoms in total. The summed E-state index contributed by atoms with van der Waals surface area (Å²) in [6.45, 7) is 0. The van der Waals surface area contributed by atoms with E-state index in [-0.39, 0.29) is 10.8 Å². The van der Waals surface area contributed by atoms with Crippen LogP contribution in [0.2, 0.25) is 5.15 Å². The lowest BCUT2D eigenvalue weighted by atomic mass is 10.3. The van der Waals surface area contributed by atoms with Gasteiger partial charge in [-0.3, -0.25) is 15.2 Å². The molecule has 2 aromatic rings. The van der Waals surface area contributed by atoms with Crippen LogP contribution in [0.3, 0.4) is 0 Å². The zero-order valence-electron chi connectivity index (χ0n) is 9.76. The Labute approximate surface area is 113 Å². The molecule has 8 heteroatoms. The molecule has 0 bridgehead atoms. The molecule has 2 heterocycles. The highest BCUT2D eigenvalue weighted by molar-refractivity contribution is 6.31. The fourth-order valence-corrected chi connectivity index (χ4v) is 1.98. The second-order valence-electron chi connectivity index (χ2n) is 4.37. The first-order valence-corrected chi connectivity index (χ1v) is 6.14. The van der Waals surface area contributed by atoms with Crippen LogP contribution < -0.4 is 5.32 Å². The number of rotatable bonds is 4. The lowest BCUT2D eigenvalue weighted by Gasteiger charge is -2.02. The van der Waals surface area contributed by atoms with Gasteiger partial charge in [-0.1, -0.05) is 11.6 Å². The van der Waals surface area contributed by atoms with Gasteiger partial charge in [0.2, 0.25) is 5.15 Å². The average molecular weight is 280 g/mol. The van der Waals surface area contributed by atoms with Crippen LogP contribution in [0, 0.1) is 10.1 Å². The zero-order chi connectivity index (χ0) is 13.4. The number of aromatic nitrogens is 3. The van der Waals surface area contributed by atoms with Crippen molar-refractivity contribution in [3.05, 3.63) is 39.2 Å². The summed E-state index contributed by atoms with van der Waals surface area (Å²) in [5, 5.41) is 20.5. The van der Waals surface area contributed by atoms with Crippen molar-refractivity contribution in [3.63, 3.8) is 0 Å². The van der Waals surface area contributed by atoms with E-state index >= 15 is 0 Å². The van der Waals surface area contributed by atoms with Gasteiger partial charge < -0.3 is 5.32 Å². The number of anilines is 2. The number of hydrogen-bond acceptors (Lipinski definition) is 5. The van der Waals surface area contributed by atoms with Crippen LogP contribution in [-0.2, 0) is 0 Å². The summed E-state index contributed by atoms with van der Waals surface area (Å²) in [5.41, 5.74) is 0.811. The Kier molecular flexibility index (Phi) is 2.83. The van der Waals surface area contributed by atoms with Gasteiger partial charge in [0.15, 0.2) is 0 Å². The standard InChI is InChI=1S/C11H10ClN5O2/c12-11-8(17(18)19)3-4-9(14-11)13-10-5-7(15-16-10)6-1-2-6/h3-6H,1-2H2,(H2,13,14,15,16). The van der Waals surface area contributed by atoms with Gasteiger partial charge in [-0.25, -0.2) is 4.98 Å². The summed E-state index contributed by atoms with van der Waals surface area (Å²) in [6, 6.07) is 4.73. The van der Waals surface area contributed by atoms with Crippen molar-refractivity contribution in [2.45, 2.75) is 18.8 Å². The fraction of sp³-hybridized carbons (Fsp3) is 0.273. The number of aromatic amines is 1. The van der Waals surface area contributed by atoms with Crippen LogP contribution >= 0.6 is 11.6 Å². The Bertz CT molecular complexity index is 638. The van der Waals surface area contributed by atoms with Crippen molar-refractivity contribution in [1.82, 2.24) is 15.2 Å². The van der Waals surface area contributed by atoms with Gasteiger partial charge in [0.05, 0.1) is 10.6 Å². The van der Waals surface area contributed by atoms with Crippen LogP contribution in [0.4, 0.5) is 17.3 Å². The smallest absolute Gasteiger partial charge is 0.306 e. The topological polar surface area (TPSA) is 96.7 Å². The summed E-state index contributed by atoms with van der Waals surface area (Å²) >= 11 is 5.74. The fourth-order valence-electron chi connectivity index (χ4n) is 1.76. The second-order valence-corrected chi connectivity index (χ2v) is 4.73. The third kappa shape index (κ3) is 2.50. The van der Waals surface area contributed by atoms with E-state index in [2.05, 4.69) is 20.5 Å². The van der Waals surface area contributed by atoms with Crippen molar-refractivity contribution < 1.29 is 4.92 Å². The van der Waals surface area contributed by atoms with E-state index in [1.165, 1.54) is 25.0 Å². The molecular formula is C11H10ClN5O2. The highest BCUT2D eigenvalue weighted by Gasteiger charge is 2.26. The highest BCUT2D eigenvalue weighted by atomic mass is 35.5. The van der Waals surface area contributed by atoms with Gasteiger partial charge in [-0.05, 0) is 18.9 Å². The molecule has 2 aromatic heterocycles. The third-order valence-electron chi connectivity index (χ3n) is 2.88. The van der Waals surface area contributed by atoms with Crippen LogP contribution in [0.5, 0.6) is 0 Å². The molecule has 0 radical (unpaired) electrons. The number of nitrogens with zero attached hydrogens (tertiary/aromatic N) is 3. The minimum Gasteiger partial charge on any atom is -0.325 e. The molecular weight excluding hydrogens is 270 g/mol. The number of H-pyrrole nitrogens is 1. The molecule has 0 aromatic carbocycles. The average Bonchev–Trinajstić information content (AvgIpc) is 3.10. The van der Waals surface area contributed by atoms with Gasteiger partial charge in [0.1, 0.15) is 11.6 Å². The number of nitro groups is 1. The first kappa shape index (κ1) is 11.9. The molecule has 1 fully saturated rings. The van der Waals surface area contributed by atoms with Gasteiger partial charge in [-0.15, -0.1) is 0 Å². The van der Waals surface area contributed by atoms with Crippen LogP contribution in [0.15, 0.2) is 18.2 Å². The van der Waals surface area contributed by atoms with Crippen molar-refractivity contribution in [1.29, 1.82) is 0 Å². The zero-order valence-corrected chi connectivity index (χ0v) is 10.5. The van der Waals surface area contributed by atoms with Gasteiger partial charge in [0, 0.05) is 18.1 Å². The number of nitrogens with one attached hydrogen (secondary N) is 2. The van der Waals surface area contributed by atoms with E-state index in [1.54, 1.807) is 0 Å². The molecule has 0 saturated heterocycles. The van der Waals surface area contributed by atoms with E-state index in [4.69, 9.17) is 11.6 Å². The Hall–Kier alpha value is -2.15. The van der Waals surface area contributed by atoms with Crippen LogP contribution in [-0.4, -0.2) is 20.1 Å². The first-order chi connectivity index (χ1) is 9.13. The van der Waals surface area contributed by atoms with Crippen molar-refractivity contribution in [2.24, 2.45) is 0 Å². The molecule has 2 N–H and O–H groups in total. The van der Waals surface area contributed by atoms with E-state index in [0.717, 1.165) is 5.69 Å². The lowest BCUT2D eigenvalue weighted by Crippen LogP contribution is -1.97. The summed E-state index contributed by atoms with van der Waals surface area (Å²) in [5.74, 6) is 1.68. The Morgan fingerprint density at radius 3 is 2.89 bits per heavy atom.